The molecule has 0 spiro atoms. The molecule has 68 valence electrons. The third-order valence-corrected chi connectivity index (χ3v) is 1.75. The van der Waals surface area contributed by atoms with E-state index < -0.39 is 10.8 Å². The fourth-order valence-electron chi connectivity index (χ4n) is 0.909. The molecule has 0 heterocycles. The number of carbonyl (C=O) groups is 1. The molecule has 0 unspecified atom stereocenters. The van der Waals surface area contributed by atoms with Crippen molar-refractivity contribution in [2.24, 2.45) is 5.73 Å². The molecule has 0 saturated heterocycles. The highest BCUT2D eigenvalue weighted by atomic mass is 35.5. The number of hydrogen-bond donors (Lipinski definition) is 1. The Morgan fingerprint density at radius 1 is 1.54 bits per heavy atom. The van der Waals surface area contributed by atoms with Crippen molar-refractivity contribution in [3.8, 4) is 0 Å². The topological polar surface area (TPSA) is 86.2 Å². The van der Waals surface area contributed by atoms with Crippen LogP contribution in [-0.4, -0.2) is 10.8 Å². The molecule has 1 amide bonds. The van der Waals surface area contributed by atoms with Crippen LogP contribution in [0.1, 0.15) is 10.4 Å². The van der Waals surface area contributed by atoms with E-state index in [1.807, 2.05) is 0 Å². The van der Waals surface area contributed by atoms with Crippen molar-refractivity contribution in [3.05, 3.63) is 38.9 Å². The lowest BCUT2D eigenvalue weighted by Crippen LogP contribution is -2.13. The zero-order valence-electron chi connectivity index (χ0n) is 6.36. The molecule has 2 N–H and O–H groups in total. The number of amides is 1. The average molecular weight is 201 g/mol. The molecule has 0 bridgehead atoms. The minimum absolute atomic E-state index is 0.0123. The molecule has 0 aliphatic heterocycles. The van der Waals surface area contributed by atoms with E-state index >= 15 is 0 Å². The van der Waals surface area contributed by atoms with Crippen LogP contribution in [0.25, 0.3) is 0 Å². The average Bonchev–Trinajstić information content (AvgIpc) is 2.02. The molecular formula is C7H5ClN2O3. The molecule has 0 fully saturated rings. The van der Waals surface area contributed by atoms with Crippen molar-refractivity contribution < 1.29 is 9.72 Å². The lowest BCUT2D eigenvalue weighted by molar-refractivity contribution is -0.385. The van der Waals surface area contributed by atoms with Gasteiger partial charge in [0.25, 0.3) is 11.6 Å². The molecule has 0 aliphatic rings. The standard InChI is InChI=1S/C7H5ClN2O3/c8-4-2-1-3-5(10(12)13)6(4)7(9)11/h1-3H,(H2,9,11). The van der Waals surface area contributed by atoms with E-state index in [9.17, 15) is 14.9 Å². The third-order valence-electron chi connectivity index (χ3n) is 1.43. The van der Waals surface area contributed by atoms with Crippen molar-refractivity contribution in [1.82, 2.24) is 0 Å². The van der Waals surface area contributed by atoms with Gasteiger partial charge < -0.3 is 5.73 Å². The summed E-state index contributed by atoms with van der Waals surface area (Å²) in [7, 11) is 0. The summed E-state index contributed by atoms with van der Waals surface area (Å²) in [5, 5.41) is 10.4. The van der Waals surface area contributed by atoms with Crippen LogP contribution in [0.4, 0.5) is 5.69 Å². The van der Waals surface area contributed by atoms with E-state index in [1.54, 1.807) is 0 Å². The molecule has 13 heavy (non-hydrogen) atoms. The molecule has 1 aromatic rings. The van der Waals surface area contributed by atoms with Crippen LogP contribution in [0.5, 0.6) is 0 Å². The highest BCUT2D eigenvalue weighted by Gasteiger charge is 2.20. The fourth-order valence-corrected chi connectivity index (χ4v) is 1.17. The van der Waals surface area contributed by atoms with Crippen molar-refractivity contribution in [2.75, 3.05) is 0 Å². The van der Waals surface area contributed by atoms with Crippen molar-refractivity contribution in [2.45, 2.75) is 0 Å². The summed E-state index contributed by atoms with van der Waals surface area (Å²) >= 11 is 5.56. The number of benzene rings is 1. The molecular weight excluding hydrogens is 196 g/mol. The smallest absolute Gasteiger partial charge is 0.283 e. The van der Waals surface area contributed by atoms with Crippen LogP contribution in [-0.2, 0) is 0 Å². The molecule has 0 aromatic heterocycles. The Morgan fingerprint density at radius 3 is 2.54 bits per heavy atom. The minimum Gasteiger partial charge on any atom is -0.365 e. The van der Waals surface area contributed by atoms with Crippen LogP contribution in [0.15, 0.2) is 18.2 Å². The summed E-state index contributed by atoms with van der Waals surface area (Å²) in [4.78, 5) is 20.5. The summed E-state index contributed by atoms with van der Waals surface area (Å²) < 4.78 is 0. The monoisotopic (exact) mass is 200 g/mol. The van der Waals surface area contributed by atoms with Crippen molar-refractivity contribution in [1.29, 1.82) is 0 Å². The van der Waals surface area contributed by atoms with Gasteiger partial charge in [0.1, 0.15) is 5.56 Å². The minimum atomic E-state index is -0.905. The summed E-state index contributed by atoms with van der Waals surface area (Å²) in [5.74, 6) is -0.905. The predicted octanol–water partition coefficient (Wildman–Crippen LogP) is 1.35. The first-order valence-corrected chi connectivity index (χ1v) is 3.64. The van der Waals surface area contributed by atoms with Gasteiger partial charge in [-0.1, -0.05) is 17.7 Å². The first-order chi connectivity index (χ1) is 6.04. The van der Waals surface area contributed by atoms with E-state index in [0.29, 0.717) is 0 Å². The van der Waals surface area contributed by atoms with Gasteiger partial charge in [0.05, 0.1) is 9.95 Å². The van der Waals surface area contributed by atoms with Crippen LogP contribution < -0.4 is 5.73 Å². The first kappa shape index (κ1) is 9.47. The predicted molar refractivity (Wildman–Crippen MR) is 46.6 cm³/mol. The van der Waals surface area contributed by atoms with Crippen LogP contribution in [0.3, 0.4) is 0 Å². The van der Waals surface area contributed by atoms with Crippen LogP contribution in [0, 0.1) is 10.1 Å². The van der Waals surface area contributed by atoms with Gasteiger partial charge in [-0.2, -0.15) is 0 Å². The molecule has 0 aliphatic carbocycles. The SMILES string of the molecule is NC(=O)c1c(Cl)cccc1[N+](=O)[O-]. The van der Waals surface area contributed by atoms with Gasteiger partial charge in [-0.25, -0.2) is 0 Å². The molecule has 5 nitrogen and oxygen atoms in total. The zero-order chi connectivity index (χ0) is 10.0. The number of nitrogens with two attached hydrogens (primary N) is 1. The van der Waals surface area contributed by atoms with Crippen molar-refractivity contribution >= 4 is 23.2 Å². The van der Waals surface area contributed by atoms with E-state index in [-0.39, 0.29) is 16.3 Å². The Balaban J connectivity index is 3.43. The second-order valence-electron chi connectivity index (χ2n) is 2.26. The second kappa shape index (κ2) is 3.40. The molecule has 0 radical (unpaired) electrons. The highest BCUT2D eigenvalue weighted by Crippen LogP contribution is 2.25. The molecule has 0 atom stereocenters. The lowest BCUT2D eigenvalue weighted by Gasteiger charge is -1.99. The first-order valence-electron chi connectivity index (χ1n) is 3.26. The van der Waals surface area contributed by atoms with Crippen LogP contribution in [0.2, 0.25) is 5.02 Å². The summed E-state index contributed by atoms with van der Waals surface area (Å²) in [5.41, 5.74) is 4.29. The van der Waals surface area contributed by atoms with Crippen LogP contribution >= 0.6 is 11.6 Å². The van der Waals surface area contributed by atoms with Gasteiger partial charge in [-0.3, -0.25) is 14.9 Å². The molecule has 1 aromatic carbocycles. The zero-order valence-corrected chi connectivity index (χ0v) is 7.12. The Labute approximate surface area is 78.3 Å². The van der Waals surface area contributed by atoms with Gasteiger partial charge in [-0.15, -0.1) is 0 Å². The summed E-state index contributed by atoms with van der Waals surface area (Å²) in [6, 6.07) is 3.92. The normalized spacial score (nSPS) is 9.62. The largest absolute Gasteiger partial charge is 0.365 e. The number of carbonyl (C=O) groups excluding carboxylic acids is 1. The quantitative estimate of drug-likeness (QED) is 0.577. The number of nitrogens with zero attached hydrogens (tertiary/aromatic N) is 1. The number of halogens is 1. The molecule has 0 saturated carbocycles. The maximum atomic E-state index is 10.8. The molecule has 6 heteroatoms. The number of primary amides is 1. The van der Waals surface area contributed by atoms with E-state index in [1.165, 1.54) is 18.2 Å². The second-order valence-corrected chi connectivity index (χ2v) is 2.66. The summed E-state index contributed by atoms with van der Waals surface area (Å²) in [6.45, 7) is 0. The van der Waals surface area contributed by atoms with Gasteiger partial charge in [0.15, 0.2) is 0 Å². The maximum Gasteiger partial charge on any atom is 0.283 e. The number of rotatable bonds is 2. The number of nitro benzene ring substituents is 1. The Bertz CT molecular complexity index is 378. The Morgan fingerprint density at radius 2 is 2.15 bits per heavy atom. The third kappa shape index (κ3) is 1.75. The number of hydrogen-bond acceptors (Lipinski definition) is 3. The van der Waals surface area contributed by atoms with Crippen molar-refractivity contribution in [3.63, 3.8) is 0 Å². The van der Waals surface area contributed by atoms with E-state index in [4.69, 9.17) is 17.3 Å². The number of nitro groups is 1. The molecule has 1 rings (SSSR count). The fraction of sp³-hybridized carbons (Fsp3) is 0. The van der Waals surface area contributed by atoms with Gasteiger partial charge in [0, 0.05) is 6.07 Å². The van der Waals surface area contributed by atoms with E-state index in [2.05, 4.69) is 0 Å². The van der Waals surface area contributed by atoms with Gasteiger partial charge in [0.2, 0.25) is 0 Å². The Kier molecular flexibility index (Phi) is 2.48. The lowest BCUT2D eigenvalue weighted by atomic mass is 10.2. The van der Waals surface area contributed by atoms with E-state index in [0.717, 1.165) is 0 Å². The highest BCUT2D eigenvalue weighted by molar-refractivity contribution is 6.34. The van der Waals surface area contributed by atoms with Gasteiger partial charge >= 0.3 is 0 Å². The maximum absolute atomic E-state index is 10.8. The summed E-state index contributed by atoms with van der Waals surface area (Å²) in [6.07, 6.45) is 0. The Hall–Kier alpha value is -1.62. The van der Waals surface area contributed by atoms with Gasteiger partial charge in [-0.05, 0) is 6.07 Å².